The molecule has 3 rings (SSSR count). The number of alkyl halides is 2. The zero-order chi connectivity index (χ0) is 19.1. The molecule has 0 aliphatic carbocycles. The second kappa shape index (κ2) is 6.96. The predicted molar refractivity (Wildman–Crippen MR) is 91.7 cm³/mol. The first-order chi connectivity index (χ1) is 12.2. The lowest BCUT2D eigenvalue weighted by atomic mass is 9.76. The van der Waals surface area contributed by atoms with Crippen LogP contribution in [-0.4, -0.2) is 56.1 Å². The van der Waals surface area contributed by atoms with E-state index in [-0.39, 0.29) is 35.6 Å². The van der Waals surface area contributed by atoms with Crippen LogP contribution in [0.15, 0.2) is 6.07 Å². The van der Waals surface area contributed by atoms with Gasteiger partial charge in [-0.25, -0.2) is 8.78 Å². The Labute approximate surface area is 152 Å². The number of hydrogen-bond acceptors (Lipinski definition) is 3. The summed E-state index contributed by atoms with van der Waals surface area (Å²) in [6, 6.07) is 1.24. The fraction of sp³-hybridized carbons (Fsp3) is 0.722. The number of likely N-dealkylation sites (tertiary alicyclic amines) is 2. The average Bonchev–Trinajstić information content (AvgIpc) is 2.93. The number of fused-ring (bicyclic) bond motifs is 1. The molecule has 2 fully saturated rings. The van der Waals surface area contributed by atoms with Crippen LogP contribution in [-0.2, 0) is 16.1 Å². The number of carbonyl (C=O) groups is 2. The molecule has 2 saturated heterocycles. The summed E-state index contributed by atoms with van der Waals surface area (Å²) >= 11 is 0. The molecule has 26 heavy (non-hydrogen) atoms. The first kappa shape index (κ1) is 18.8. The lowest BCUT2D eigenvalue weighted by molar-refractivity contribution is -0.155. The van der Waals surface area contributed by atoms with Gasteiger partial charge in [-0.05, 0) is 45.6 Å². The number of amides is 2. The van der Waals surface area contributed by atoms with E-state index in [0.29, 0.717) is 18.8 Å². The van der Waals surface area contributed by atoms with Gasteiger partial charge in [0.15, 0.2) is 0 Å². The molecule has 1 aromatic heterocycles. The molecule has 0 aromatic carbocycles. The number of aryl methyl sites for hydroxylation is 1. The van der Waals surface area contributed by atoms with E-state index >= 15 is 0 Å². The smallest absolute Gasteiger partial charge is 0.280 e. The van der Waals surface area contributed by atoms with E-state index in [9.17, 15) is 18.4 Å². The van der Waals surface area contributed by atoms with Crippen molar-refractivity contribution in [2.75, 3.05) is 13.1 Å². The minimum Gasteiger partial charge on any atom is -0.336 e. The van der Waals surface area contributed by atoms with E-state index in [1.54, 1.807) is 18.7 Å². The summed E-state index contributed by atoms with van der Waals surface area (Å²) in [5.41, 5.74) is -0.148. The fourth-order valence-corrected chi connectivity index (χ4v) is 4.65. The summed E-state index contributed by atoms with van der Waals surface area (Å²) in [5, 5.41) is 4.06. The molecule has 144 valence electrons. The minimum absolute atomic E-state index is 0.0224. The van der Waals surface area contributed by atoms with Gasteiger partial charge in [0.1, 0.15) is 12.2 Å². The van der Waals surface area contributed by atoms with E-state index in [0.717, 1.165) is 30.4 Å². The van der Waals surface area contributed by atoms with Crippen LogP contribution in [0, 0.1) is 6.92 Å². The molecule has 2 atom stereocenters. The zero-order valence-electron chi connectivity index (χ0n) is 15.5. The van der Waals surface area contributed by atoms with Gasteiger partial charge in [-0.3, -0.25) is 14.3 Å². The molecule has 0 unspecified atom stereocenters. The molecule has 8 heteroatoms. The average molecular weight is 368 g/mol. The van der Waals surface area contributed by atoms with Crippen LogP contribution >= 0.6 is 0 Å². The number of piperidine rings is 2. The molecule has 0 N–H and O–H groups in total. The number of aromatic nitrogens is 2. The predicted octanol–water partition coefficient (Wildman–Crippen LogP) is 2.52. The van der Waals surface area contributed by atoms with Crippen molar-refractivity contribution in [3.05, 3.63) is 17.5 Å². The first-order valence-electron chi connectivity index (χ1n) is 9.14. The van der Waals surface area contributed by atoms with Gasteiger partial charge < -0.3 is 9.80 Å². The zero-order valence-corrected chi connectivity index (χ0v) is 15.5. The molecule has 1 aromatic rings. The summed E-state index contributed by atoms with van der Waals surface area (Å²) in [4.78, 5) is 28.7. The van der Waals surface area contributed by atoms with Crippen molar-refractivity contribution < 1.29 is 18.4 Å². The third kappa shape index (κ3) is 3.21. The van der Waals surface area contributed by atoms with Gasteiger partial charge in [-0.1, -0.05) is 0 Å². The Kier molecular flexibility index (Phi) is 5.03. The van der Waals surface area contributed by atoms with E-state index < -0.39 is 6.43 Å². The van der Waals surface area contributed by atoms with Crippen LogP contribution in [0.1, 0.15) is 57.3 Å². The van der Waals surface area contributed by atoms with Gasteiger partial charge in [0.2, 0.25) is 11.8 Å². The highest BCUT2D eigenvalue weighted by Gasteiger charge is 2.49. The van der Waals surface area contributed by atoms with Gasteiger partial charge in [-0.2, -0.15) is 5.10 Å². The number of rotatable bonds is 3. The highest BCUT2D eigenvalue weighted by atomic mass is 19.3. The first-order valence-corrected chi connectivity index (χ1v) is 9.14. The molecule has 6 nitrogen and oxygen atoms in total. The van der Waals surface area contributed by atoms with Crippen LogP contribution < -0.4 is 0 Å². The Bertz CT molecular complexity index is 705. The summed E-state index contributed by atoms with van der Waals surface area (Å²) in [6.45, 7) is 6.35. The highest BCUT2D eigenvalue weighted by Crippen LogP contribution is 2.39. The molecule has 3 heterocycles. The third-order valence-electron chi connectivity index (χ3n) is 5.79. The lowest BCUT2D eigenvalue weighted by Crippen LogP contribution is -2.68. The molecule has 0 spiro atoms. The van der Waals surface area contributed by atoms with Gasteiger partial charge >= 0.3 is 0 Å². The van der Waals surface area contributed by atoms with Gasteiger partial charge in [-0.15, -0.1) is 0 Å². The highest BCUT2D eigenvalue weighted by molar-refractivity contribution is 5.78. The van der Waals surface area contributed by atoms with Crippen molar-refractivity contribution in [3.63, 3.8) is 0 Å². The molecule has 2 aliphatic heterocycles. The van der Waals surface area contributed by atoms with Crippen LogP contribution in [0.5, 0.6) is 0 Å². The normalized spacial score (nSPS) is 26.2. The maximum Gasteiger partial charge on any atom is 0.280 e. The maximum atomic E-state index is 13.2. The van der Waals surface area contributed by atoms with E-state index in [1.807, 2.05) is 11.8 Å². The van der Waals surface area contributed by atoms with Crippen molar-refractivity contribution in [2.24, 2.45) is 0 Å². The molecular formula is C18H26F2N4O2. The molecular weight excluding hydrogens is 342 g/mol. The Hall–Kier alpha value is -1.99. The summed E-state index contributed by atoms with van der Waals surface area (Å²) in [5.74, 6) is -0.189. The number of hydrogen-bond donors (Lipinski definition) is 0. The van der Waals surface area contributed by atoms with E-state index in [4.69, 9.17) is 0 Å². The molecule has 0 bridgehead atoms. The molecule has 0 saturated carbocycles. The van der Waals surface area contributed by atoms with Gasteiger partial charge in [0, 0.05) is 20.0 Å². The summed E-state index contributed by atoms with van der Waals surface area (Å²) in [7, 11) is 0. The molecule has 2 amide bonds. The number of carbonyl (C=O) groups excluding carboxylic acids is 2. The SMILES string of the molecule is CC(=O)N1CCC[C@H]2N(C(=O)Cn3nc(C)cc3C(F)F)CCC[C@@]21C. The maximum absolute atomic E-state index is 13.2. The van der Waals surface area contributed by atoms with Crippen molar-refractivity contribution in [2.45, 2.75) is 71.0 Å². The van der Waals surface area contributed by atoms with Crippen LogP contribution in [0.4, 0.5) is 8.78 Å². The van der Waals surface area contributed by atoms with Gasteiger partial charge in [0.25, 0.3) is 6.43 Å². The lowest BCUT2D eigenvalue weighted by Gasteiger charge is -2.56. The Morgan fingerprint density at radius 1 is 1.35 bits per heavy atom. The van der Waals surface area contributed by atoms with E-state index in [2.05, 4.69) is 5.10 Å². The number of nitrogens with zero attached hydrogens (tertiary/aromatic N) is 4. The second-order valence-corrected chi connectivity index (χ2v) is 7.55. The Morgan fingerprint density at radius 2 is 2.08 bits per heavy atom. The van der Waals surface area contributed by atoms with Crippen molar-refractivity contribution >= 4 is 11.8 Å². The third-order valence-corrected chi connectivity index (χ3v) is 5.79. The standard InChI is InChI=1S/C18H26F2N4O2/c1-12-10-14(17(19)20)24(21-12)11-16(26)22-8-5-7-18(3)15(22)6-4-9-23(18)13(2)25/h10,15,17H,4-9,11H2,1-3H3/t15-,18+/m1/s1. The van der Waals surface area contributed by atoms with Gasteiger partial charge in [0.05, 0.1) is 17.3 Å². The summed E-state index contributed by atoms with van der Waals surface area (Å²) < 4.78 is 27.5. The summed E-state index contributed by atoms with van der Waals surface area (Å²) in [6.07, 6.45) is 0.643. The monoisotopic (exact) mass is 368 g/mol. The van der Waals surface area contributed by atoms with Crippen molar-refractivity contribution in [3.8, 4) is 0 Å². The second-order valence-electron chi connectivity index (χ2n) is 7.55. The Morgan fingerprint density at radius 3 is 2.73 bits per heavy atom. The molecule has 0 radical (unpaired) electrons. The number of halogens is 2. The van der Waals surface area contributed by atoms with Crippen LogP contribution in [0.2, 0.25) is 0 Å². The minimum atomic E-state index is -2.67. The largest absolute Gasteiger partial charge is 0.336 e. The van der Waals surface area contributed by atoms with Crippen LogP contribution in [0.25, 0.3) is 0 Å². The Balaban J connectivity index is 1.82. The van der Waals surface area contributed by atoms with Crippen molar-refractivity contribution in [1.82, 2.24) is 19.6 Å². The topological polar surface area (TPSA) is 58.4 Å². The molecule has 2 aliphatic rings. The fourth-order valence-electron chi connectivity index (χ4n) is 4.65. The van der Waals surface area contributed by atoms with E-state index in [1.165, 1.54) is 6.07 Å². The van der Waals surface area contributed by atoms with Crippen molar-refractivity contribution in [1.29, 1.82) is 0 Å². The van der Waals surface area contributed by atoms with Crippen LogP contribution in [0.3, 0.4) is 0 Å². The quantitative estimate of drug-likeness (QED) is 0.824.